The Bertz CT molecular complexity index is 566. The first-order valence-electron chi connectivity index (χ1n) is 7.12. The number of rotatable bonds is 4. The van der Waals surface area contributed by atoms with E-state index in [1.165, 1.54) is 44.2 Å². The molecule has 5 nitrogen and oxygen atoms in total. The number of benzene rings is 1. The Labute approximate surface area is 121 Å². The Hall–Kier alpha value is -1.27. The van der Waals surface area contributed by atoms with Crippen molar-refractivity contribution >= 4 is 21.4 Å². The Kier molecular flexibility index (Phi) is 4.55. The average molecular weight is 297 g/mol. The van der Waals surface area contributed by atoms with Crippen LogP contribution in [0.5, 0.6) is 0 Å². The van der Waals surface area contributed by atoms with Gasteiger partial charge in [-0.1, -0.05) is 19.3 Å². The predicted octanol–water partition coefficient (Wildman–Crippen LogP) is 2.08. The minimum absolute atomic E-state index is 0.0680. The van der Waals surface area contributed by atoms with E-state index in [9.17, 15) is 8.42 Å². The lowest BCUT2D eigenvalue weighted by atomic mass is 9.93. The Morgan fingerprint density at radius 2 is 1.90 bits per heavy atom. The summed E-state index contributed by atoms with van der Waals surface area (Å²) in [5, 5.41) is 5.13. The van der Waals surface area contributed by atoms with Gasteiger partial charge < -0.3 is 10.6 Å². The topological polar surface area (TPSA) is 89.4 Å². The van der Waals surface area contributed by atoms with Crippen molar-refractivity contribution in [1.82, 2.24) is 0 Å². The van der Waals surface area contributed by atoms with Gasteiger partial charge in [-0.3, -0.25) is 0 Å². The Morgan fingerprint density at radius 3 is 2.40 bits per heavy atom. The highest BCUT2D eigenvalue weighted by Crippen LogP contribution is 2.32. The van der Waals surface area contributed by atoms with Crippen LogP contribution in [0, 0.1) is 0 Å². The zero-order valence-electron chi connectivity index (χ0n) is 11.9. The fraction of sp³-hybridized carbons (Fsp3) is 0.571. The van der Waals surface area contributed by atoms with Gasteiger partial charge in [-0.2, -0.15) is 0 Å². The van der Waals surface area contributed by atoms with Crippen LogP contribution in [0.2, 0.25) is 0 Å². The zero-order valence-corrected chi connectivity index (χ0v) is 12.7. The van der Waals surface area contributed by atoms with Crippen molar-refractivity contribution in [3.05, 3.63) is 18.2 Å². The third-order valence-electron chi connectivity index (χ3n) is 3.99. The predicted molar refractivity (Wildman–Crippen MR) is 82.1 cm³/mol. The second-order valence-electron chi connectivity index (χ2n) is 5.34. The number of hydrogen-bond acceptors (Lipinski definition) is 4. The molecule has 1 aliphatic carbocycles. The van der Waals surface area contributed by atoms with E-state index in [4.69, 9.17) is 10.9 Å². The molecule has 0 aliphatic heterocycles. The minimum atomic E-state index is -3.70. The molecule has 2 rings (SSSR count). The largest absolute Gasteiger partial charge is 0.397 e. The molecule has 20 heavy (non-hydrogen) atoms. The molecule has 112 valence electrons. The van der Waals surface area contributed by atoms with Gasteiger partial charge in [0, 0.05) is 12.6 Å². The zero-order chi connectivity index (χ0) is 14.8. The first-order chi connectivity index (χ1) is 9.43. The third-order valence-corrected chi connectivity index (χ3v) is 4.90. The van der Waals surface area contributed by atoms with Gasteiger partial charge in [0.15, 0.2) is 0 Å². The molecule has 0 aromatic heterocycles. The van der Waals surface area contributed by atoms with Crippen LogP contribution in [0.1, 0.15) is 39.0 Å². The van der Waals surface area contributed by atoms with Gasteiger partial charge in [0.1, 0.15) is 0 Å². The summed E-state index contributed by atoms with van der Waals surface area (Å²) in [6, 6.07) is 5.26. The van der Waals surface area contributed by atoms with Gasteiger partial charge in [-0.15, -0.1) is 0 Å². The summed E-state index contributed by atoms with van der Waals surface area (Å²) >= 11 is 0. The molecule has 0 radical (unpaired) electrons. The van der Waals surface area contributed by atoms with Crippen LogP contribution >= 0.6 is 0 Å². The molecule has 0 bridgehead atoms. The van der Waals surface area contributed by atoms with E-state index in [1.807, 2.05) is 0 Å². The van der Waals surface area contributed by atoms with Gasteiger partial charge in [-0.25, -0.2) is 13.6 Å². The number of nitrogens with two attached hydrogens (primary N) is 2. The Balaban J connectivity index is 2.30. The molecular weight excluding hydrogens is 274 g/mol. The van der Waals surface area contributed by atoms with E-state index in [0.717, 1.165) is 12.2 Å². The average Bonchev–Trinajstić information content (AvgIpc) is 2.41. The number of nitrogens with zero attached hydrogens (tertiary/aromatic N) is 1. The SMILES string of the molecule is CCN(c1ccc(S(N)(=O)=O)cc1N)C1CCCCC1. The Morgan fingerprint density at radius 1 is 1.25 bits per heavy atom. The van der Waals surface area contributed by atoms with Crippen LogP contribution in [-0.2, 0) is 10.0 Å². The first kappa shape index (κ1) is 15.1. The lowest BCUT2D eigenvalue weighted by molar-refractivity contribution is 0.418. The van der Waals surface area contributed by atoms with Crippen LogP contribution in [0.3, 0.4) is 0 Å². The van der Waals surface area contributed by atoms with Crippen LogP contribution in [0.4, 0.5) is 11.4 Å². The number of anilines is 2. The highest BCUT2D eigenvalue weighted by Gasteiger charge is 2.22. The van der Waals surface area contributed by atoms with Crippen molar-refractivity contribution in [2.75, 3.05) is 17.2 Å². The lowest BCUT2D eigenvalue weighted by Gasteiger charge is -2.36. The van der Waals surface area contributed by atoms with Crippen molar-refractivity contribution in [3.8, 4) is 0 Å². The van der Waals surface area contributed by atoms with Crippen LogP contribution in [-0.4, -0.2) is 21.0 Å². The summed E-state index contributed by atoms with van der Waals surface area (Å²) in [6.45, 7) is 2.96. The molecule has 0 atom stereocenters. The molecule has 0 heterocycles. The molecular formula is C14H23N3O2S. The number of primary sulfonamides is 1. The van der Waals surface area contributed by atoms with E-state index >= 15 is 0 Å². The van der Waals surface area contributed by atoms with E-state index in [1.54, 1.807) is 6.07 Å². The summed E-state index contributed by atoms with van der Waals surface area (Å²) in [5.41, 5.74) is 7.42. The molecule has 1 fully saturated rings. The summed E-state index contributed by atoms with van der Waals surface area (Å²) < 4.78 is 22.7. The number of nitrogen functional groups attached to an aromatic ring is 1. The molecule has 0 amide bonds. The van der Waals surface area contributed by atoms with Crippen LogP contribution in [0.25, 0.3) is 0 Å². The summed E-state index contributed by atoms with van der Waals surface area (Å²) in [4.78, 5) is 2.35. The van der Waals surface area contributed by atoms with Crippen molar-refractivity contribution in [2.24, 2.45) is 5.14 Å². The smallest absolute Gasteiger partial charge is 0.238 e. The van der Waals surface area contributed by atoms with Gasteiger partial charge in [-0.05, 0) is 38.0 Å². The summed E-state index contributed by atoms with van der Waals surface area (Å²) in [6.07, 6.45) is 6.13. The van der Waals surface area contributed by atoms with Crippen LogP contribution in [0.15, 0.2) is 23.1 Å². The first-order valence-corrected chi connectivity index (χ1v) is 8.67. The molecule has 1 aliphatic rings. The highest BCUT2D eigenvalue weighted by atomic mass is 32.2. The molecule has 1 aromatic carbocycles. The van der Waals surface area contributed by atoms with E-state index in [2.05, 4.69) is 11.8 Å². The van der Waals surface area contributed by atoms with Crippen molar-refractivity contribution < 1.29 is 8.42 Å². The number of sulfonamides is 1. The fourth-order valence-corrected chi connectivity index (χ4v) is 3.54. The molecule has 0 saturated heterocycles. The van der Waals surface area contributed by atoms with Gasteiger partial charge in [0.25, 0.3) is 0 Å². The molecule has 6 heteroatoms. The van der Waals surface area contributed by atoms with Crippen LogP contribution < -0.4 is 15.8 Å². The quantitative estimate of drug-likeness (QED) is 0.833. The van der Waals surface area contributed by atoms with E-state index < -0.39 is 10.0 Å². The maximum atomic E-state index is 11.3. The second kappa shape index (κ2) is 6.01. The molecule has 0 spiro atoms. The number of hydrogen-bond donors (Lipinski definition) is 2. The van der Waals surface area contributed by atoms with Gasteiger partial charge in [0.2, 0.25) is 10.0 Å². The normalized spacial score (nSPS) is 17.1. The molecule has 4 N–H and O–H groups in total. The maximum absolute atomic E-state index is 11.3. The molecule has 1 aromatic rings. The second-order valence-corrected chi connectivity index (χ2v) is 6.90. The molecule has 0 unspecified atom stereocenters. The minimum Gasteiger partial charge on any atom is -0.397 e. The van der Waals surface area contributed by atoms with E-state index in [-0.39, 0.29) is 4.90 Å². The highest BCUT2D eigenvalue weighted by molar-refractivity contribution is 7.89. The fourth-order valence-electron chi connectivity index (χ4n) is 2.99. The molecule has 1 saturated carbocycles. The lowest BCUT2D eigenvalue weighted by Crippen LogP contribution is -2.37. The third kappa shape index (κ3) is 3.24. The van der Waals surface area contributed by atoms with E-state index in [0.29, 0.717) is 11.7 Å². The van der Waals surface area contributed by atoms with Gasteiger partial charge >= 0.3 is 0 Å². The van der Waals surface area contributed by atoms with Crippen molar-refractivity contribution in [1.29, 1.82) is 0 Å². The van der Waals surface area contributed by atoms with Crippen molar-refractivity contribution in [2.45, 2.75) is 50.0 Å². The summed E-state index contributed by atoms with van der Waals surface area (Å²) in [5.74, 6) is 0. The monoisotopic (exact) mass is 297 g/mol. The van der Waals surface area contributed by atoms with Gasteiger partial charge in [0.05, 0.1) is 16.3 Å². The standard InChI is InChI=1S/C14H23N3O2S/c1-2-17(11-6-4-3-5-7-11)14-9-8-12(10-13(14)15)20(16,18)19/h8-11H,2-7,15H2,1H3,(H2,16,18,19). The summed E-state index contributed by atoms with van der Waals surface area (Å²) in [7, 11) is -3.70. The van der Waals surface area contributed by atoms with Crippen molar-refractivity contribution in [3.63, 3.8) is 0 Å². The maximum Gasteiger partial charge on any atom is 0.238 e.